The van der Waals surface area contributed by atoms with Gasteiger partial charge in [-0.3, -0.25) is 4.79 Å². The number of ether oxygens (including phenoxy) is 3. The van der Waals surface area contributed by atoms with Crippen molar-refractivity contribution in [2.45, 2.75) is 149 Å². The van der Waals surface area contributed by atoms with Gasteiger partial charge in [0.05, 0.1) is 18.2 Å². The average molecular weight is 584 g/mol. The Kier molecular flexibility index (Phi) is 14.6. The molecule has 11 heteroatoms. The second-order valence-electron chi connectivity index (χ2n) is 12.6. The molecule has 1 unspecified atom stereocenters. The lowest BCUT2D eigenvalue weighted by atomic mass is 9.79. The van der Waals surface area contributed by atoms with Gasteiger partial charge >= 0.3 is 18.2 Å². The second-order valence-corrected chi connectivity index (χ2v) is 12.6. The number of alkyl carbamates (subject to hydrolysis) is 2. The number of aliphatic carboxylic acids is 1. The van der Waals surface area contributed by atoms with Crippen LogP contribution in [0.4, 0.5) is 9.59 Å². The molecule has 236 valence electrons. The molecule has 0 aliphatic heterocycles. The van der Waals surface area contributed by atoms with E-state index in [1.165, 1.54) is 6.92 Å². The smallest absolute Gasteiger partial charge is 0.407 e. The molecule has 1 aliphatic carbocycles. The van der Waals surface area contributed by atoms with Crippen LogP contribution in [0, 0.1) is 0 Å². The van der Waals surface area contributed by atoms with Crippen LogP contribution in [0.2, 0.25) is 0 Å². The first-order valence-electron chi connectivity index (χ1n) is 14.8. The quantitative estimate of drug-likeness (QED) is 0.203. The summed E-state index contributed by atoms with van der Waals surface area (Å²) in [4.78, 5) is 49.2. The highest BCUT2D eigenvalue weighted by Crippen LogP contribution is 2.34. The number of nitrogens with one attached hydrogen (secondary N) is 3. The Morgan fingerprint density at radius 2 is 1.44 bits per heavy atom. The first-order valence-corrected chi connectivity index (χ1v) is 14.8. The Morgan fingerprint density at radius 1 is 0.878 bits per heavy atom. The van der Waals surface area contributed by atoms with Gasteiger partial charge in [-0.25, -0.2) is 14.4 Å². The minimum Gasteiger partial charge on any atom is -0.478 e. The maximum Gasteiger partial charge on any atom is 0.407 e. The molecular weight excluding hydrogens is 530 g/mol. The van der Waals surface area contributed by atoms with E-state index in [1.807, 2.05) is 34.6 Å². The summed E-state index contributed by atoms with van der Waals surface area (Å²) in [5.41, 5.74) is -0.469. The lowest BCUT2D eigenvalue weighted by Gasteiger charge is -2.42. The molecule has 0 bridgehead atoms. The number of unbranched alkanes of at least 4 members (excludes halogenated alkanes) is 3. The summed E-state index contributed by atoms with van der Waals surface area (Å²) >= 11 is 0. The summed E-state index contributed by atoms with van der Waals surface area (Å²) in [6, 6.07) is -1.40. The van der Waals surface area contributed by atoms with Gasteiger partial charge in [-0.1, -0.05) is 26.7 Å². The summed E-state index contributed by atoms with van der Waals surface area (Å²) in [6.07, 6.45) is 3.02. The van der Waals surface area contributed by atoms with E-state index in [0.29, 0.717) is 37.8 Å². The Bertz CT molecular complexity index is 916. The molecule has 0 aromatic rings. The van der Waals surface area contributed by atoms with Crippen molar-refractivity contribution in [2.75, 3.05) is 6.54 Å². The van der Waals surface area contributed by atoms with Gasteiger partial charge in [0.25, 0.3) is 0 Å². The number of carbonyl (C=O) groups is 4. The highest BCUT2D eigenvalue weighted by Gasteiger charge is 2.43. The molecule has 0 aromatic heterocycles. The molecule has 0 spiro atoms. The molecule has 3 amide bonds. The summed E-state index contributed by atoms with van der Waals surface area (Å²) in [5.74, 6) is -1.38. The summed E-state index contributed by atoms with van der Waals surface area (Å²) < 4.78 is 17.2. The molecule has 0 heterocycles. The number of rotatable bonds is 14. The Labute approximate surface area is 245 Å². The van der Waals surface area contributed by atoms with Crippen LogP contribution in [-0.2, 0) is 23.8 Å². The van der Waals surface area contributed by atoms with Crippen molar-refractivity contribution in [3.63, 3.8) is 0 Å². The third-order valence-electron chi connectivity index (χ3n) is 6.54. The zero-order valence-electron chi connectivity index (χ0n) is 26.5. The van der Waals surface area contributed by atoms with Crippen molar-refractivity contribution >= 4 is 24.1 Å². The fourth-order valence-corrected chi connectivity index (χ4v) is 4.76. The van der Waals surface area contributed by atoms with Crippen LogP contribution in [0.15, 0.2) is 11.1 Å². The number of hydrogen-bond donors (Lipinski definition) is 4. The molecule has 4 N–H and O–H groups in total. The monoisotopic (exact) mass is 583 g/mol. The van der Waals surface area contributed by atoms with E-state index in [0.717, 1.165) is 19.3 Å². The predicted octanol–water partition coefficient (Wildman–Crippen LogP) is 5.22. The van der Waals surface area contributed by atoms with Crippen LogP contribution >= 0.6 is 0 Å². The standard InChI is InChI=1S/C30H53N3O8/c1-10-20(11-2)39-25-21(16-14-12-13-15-17-31-27(37)40-29(4,5)6)22(26(35)36)18-23(24(25)32-19(3)34)33-28(38)41-30(7,8)9/h20,23-25H,10-18H2,1-9H3,(H,31,37)(H,32,34)(H,33,38)(H,35,36)/t23-,24?,25+/m0/s1. The average Bonchev–Trinajstić information content (AvgIpc) is 2.81. The normalized spacial score (nSPS) is 19.5. The number of carboxylic acid groups (broad SMARTS) is 1. The van der Waals surface area contributed by atoms with Gasteiger partial charge in [-0.05, 0) is 79.2 Å². The largest absolute Gasteiger partial charge is 0.478 e. The van der Waals surface area contributed by atoms with Gasteiger partial charge in [-0.15, -0.1) is 0 Å². The molecule has 1 aliphatic rings. The van der Waals surface area contributed by atoms with E-state index in [4.69, 9.17) is 14.2 Å². The van der Waals surface area contributed by atoms with E-state index in [9.17, 15) is 24.3 Å². The number of carboxylic acids is 1. The fourth-order valence-electron chi connectivity index (χ4n) is 4.76. The van der Waals surface area contributed by atoms with Crippen LogP contribution < -0.4 is 16.0 Å². The minimum absolute atomic E-state index is 0.0252. The number of amides is 3. The summed E-state index contributed by atoms with van der Waals surface area (Å²) in [7, 11) is 0. The molecule has 0 saturated carbocycles. The Balaban J connectivity index is 3.10. The molecule has 1 rings (SSSR count). The van der Waals surface area contributed by atoms with E-state index < -0.39 is 47.5 Å². The van der Waals surface area contributed by atoms with Crippen molar-refractivity contribution in [2.24, 2.45) is 0 Å². The topological polar surface area (TPSA) is 152 Å². The zero-order chi connectivity index (χ0) is 31.4. The van der Waals surface area contributed by atoms with Gasteiger partial charge in [0, 0.05) is 25.5 Å². The van der Waals surface area contributed by atoms with Crippen LogP contribution in [0.25, 0.3) is 0 Å². The van der Waals surface area contributed by atoms with Crippen molar-refractivity contribution in [1.29, 1.82) is 0 Å². The second kappa shape index (κ2) is 16.6. The van der Waals surface area contributed by atoms with Crippen molar-refractivity contribution in [3.05, 3.63) is 11.1 Å². The van der Waals surface area contributed by atoms with Crippen molar-refractivity contribution in [3.8, 4) is 0 Å². The van der Waals surface area contributed by atoms with E-state index >= 15 is 0 Å². The highest BCUT2D eigenvalue weighted by molar-refractivity contribution is 5.88. The highest BCUT2D eigenvalue weighted by atomic mass is 16.6. The van der Waals surface area contributed by atoms with Crippen LogP contribution in [0.5, 0.6) is 0 Å². The number of carbonyl (C=O) groups excluding carboxylic acids is 3. The Morgan fingerprint density at radius 3 is 1.95 bits per heavy atom. The summed E-state index contributed by atoms with van der Waals surface area (Å²) in [6.45, 7) is 16.5. The van der Waals surface area contributed by atoms with Crippen molar-refractivity contribution < 1.29 is 38.5 Å². The third-order valence-corrected chi connectivity index (χ3v) is 6.54. The van der Waals surface area contributed by atoms with Gasteiger partial charge in [0.15, 0.2) is 0 Å². The maximum atomic E-state index is 12.7. The first-order chi connectivity index (χ1) is 19.0. The lowest BCUT2D eigenvalue weighted by molar-refractivity contribution is -0.133. The van der Waals surface area contributed by atoms with Crippen LogP contribution in [-0.4, -0.2) is 71.2 Å². The van der Waals surface area contributed by atoms with E-state index in [2.05, 4.69) is 16.0 Å². The van der Waals surface area contributed by atoms with Gasteiger partial charge in [-0.2, -0.15) is 0 Å². The Hall–Kier alpha value is -2.82. The van der Waals surface area contributed by atoms with Gasteiger partial charge < -0.3 is 35.3 Å². The number of hydrogen-bond acceptors (Lipinski definition) is 7. The molecule has 3 atom stereocenters. The van der Waals surface area contributed by atoms with Crippen LogP contribution in [0.3, 0.4) is 0 Å². The van der Waals surface area contributed by atoms with Gasteiger partial charge in [0.2, 0.25) is 5.91 Å². The SMILES string of the molecule is CCC(CC)O[C@@H]1C(CCCCCCNC(=O)OC(C)(C)C)=C(C(=O)O)C[C@H](NC(=O)OC(C)(C)C)C1NC(C)=O. The maximum absolute atomic E-state index is 12.7. The molecule has 41 heavy (non-hydrogen) atoms. The lowest BCUT2D eigenvalue weighted by Crippen LogP contribution is -2.61. The minimum atomic E-state index is -1.07. The third kappa shape index (κ3) is 14.1. The predicted molar refractivity (Wildman–Crippen MR) is 157 cm³/mol. The fraction of sp³-hybridized carbons (Fsp3) is 0.800. The molecule has 11 nitrogen and oxygen atoms in total. The summed E-state index contributed by atoms with van der Waals surface area (Å²) in [5, 5.41) is 18.7. The molecule has 0 radical (unpaired) electrons. The first kappa shape index (κ1) is 36.2. The van der Waals surface area contributed by atoms with Crippen molar-refractivity contribution in [1.82, 2.24) is 16.0 Å². The van der Waals surface area contributed by atoms with Gasteiger partial charge in [0.1, 0.15) is 17.3 Å². The van der Waals surface area contributed by atoms with Crippen LogP contribution in [0.1, 0.15) is 114 Å². The van der Waals surface area contributed by atoms with E-state index in [1.54, 1.807) is 20.8 Å². The molecule has 0 saturated heterocycles. The molecule has 0 fully saturated rings. The molecule has 0 aromatic carbocycles. The zero-order valence-corrected chi connectivity index (χ0v) is 26.5. The van der Waals surface area contributed by atoms with E-state index in [-0.39, 0.29) is 24.0 Å². The molecular formula is C30H53N3O8.